The Bertz CT molecular complexity index is 774. The van der Waals surface area contributed by atoms with Crippen molar-refractivity contribution >= 4 is 16.1 Å². The van der Waals surface area contributed by atoms with E-state index in [1.165, 1.54) is 12.1 Å². The molecular weight excluding hydrogens is 366 g/mol. The van der Waals surface area contributed by atoms with Gasteiger partial charge in [-0.2, -0.15) is 0 Å². The Morgan fingerprint density at radius 2 is 1.63 bits per heavy atom. The van der Waals surface area contributed by atoms with E-state index in [9.17, 15) is 17.8 Å². The average molecular weight is 392 g/mol. The van der Waals surface area contributed by atoms with Gasteiger partial charge in [0.1, 0.15) is 16.7 Å². The number of nitrogens with two attached hydrogens (primary N) is 1. The van der Waals surface area contributed by atoms with Crippen molar-refractivity contribution in [2.24, 2.45) is 5.73 Å². The number of esters is 1. The van der Waals surface area contributed by atoms with Gasteiger partial charge in [0, 0.05) is 6.42 Å². The average Bonchev–Trinajstić information content (AvgIpc) is 2.64. The van der Waals surface area contributed by atoms with Gasteiger partial charge in [-0.1, -0.05) is 54.4 Å². The molecule has 2 aromatic rings. The van der Waals surface area contributed by atoms with E-state index in [0.29, 0.717) is 19.6 Å². The molecule has 0 heterocycles. The van der Waals surface area contributed by atoms with Gasteiger partial charge in [0.2, 0.25) is 0 Å². The minimum atomic E-state index is -4.27. The first kappa shape index (κ1) is 22.8. The Morgan fingerprint density at radius 1 is 1.00 bits per heavy atom. The summed E-state index contributed by atoms with van der Waals surface area (Å²) in [4.78, 5) is 11.1. The second-order valence-corrected chi connectivity index (χ2v) is 7.39. The molecule has 0 saturated carbocycles. The first-order chi connectivity index (χ1) is 12.8. The maximum absolute atomic E-state index is 11.3. The lowest BCUT2D eigenvalue weighted by atomic mass is 10.2. The quantitative estimate of drug-likeness (QED) is 0.420. The van der Waals surface area contributed by atoms with E-state index in [1.54, 1.807) is 12.1 Å². The monoisotopic (exact) mass is 392 g/mol. The molecule has 0 aliphatic carbocycles. The fraction of sp³-hybridized carbons (Fsp3) is 0.350. The number of hydrogen-bond acceptors (Lipinski definition) is 6. The van der Waals surface area contributed by atoms with Gasteiger partial charge >= 0.3 is 5.97 Å². The summed E-state index contributed by atoms with van der Waals surface area (Å²) in [6, 6.07) is 15.5. The molecule has 0 amide bonds. The van der Waals surface area contributed by atoms with Crippen molar-refractivity contribution in [1.82, 2.24) is 0 Å². The van der Waals surface area contributed by atoms with Crippen molar-refractivity contribution in [3.63, 3.8) is 0 Å². The lowest BCUT2D eigenvalue weighted by Crippen LogP contribution is -2.05. The third kappa shape index (κ3) is 10.5. The number of carbonyl (C=O) groups is 1. The highest BCUT2D eigenvalue weighted by Gasteiger charge is 2.02. The third-order valence-corrected chi connectivity index (χ3v) is 4.49. The Labute approximate surface area is 161 Å². The van der Waals surface area contributed by atoms with Crippen LogP contribution in [0.1, 0.15) is 36.8 Å². The van der Waals surface area contributed by atoms with E-state index >= 15 is 0 Å². The molecule has 0 radical (unpaired) electrons. The lowest BCUT2D eigenvalue weighted by Gasteiger charge is -2.05. The van der Waals surface area contributed by atoms with E-state index < -0.39 is 10.1 Å². The molecular formula is C20H26NO5S-. The van der Waals surface area contributed by atoms with Gasteiger partial charge < -0.3 is 15.0 Å². The Kier molecular flexibility index (Phi) is 10.3. The van der Waals surface area contributed by atoms with E-state index in [2.05, 4.69) is 0 Å². The van der Waals surface area contributed by atoms with Crippen molar-refractivity contribution in [2.45, 2.75) is 44.1 Å². The Hall–Kier alpha value is -2.22. The molecule has 0 saturated heterocycles. The van der Waals surface area contributed by atoms with E-state index in [4.69, 9.17) is 10.5 Å². The molecule has 0 aliphatic rings. The van der Waals surface area contributed by atoms with Crippen LogP contribution in [0.25, 0.3) is 0 Å². The van der Waals surface area contributed by atoms with Crippen molar-refractivity contribution in [2.75, 3.05) is 6.54 Å². The number of rotatable bonds is 8. The maximum Gasteiger partial charge on any atom is 0.306 e. The molecule has 0 aromatic heterocycles. The normalized spacial score (nSPS) is 10.6. The van der Waals surface area contributed by atoms with Crippen LogP contribution in [0.5, 0.6) is 0 Å². The zero-order valence-electron chi connectivity index (χ0n) is 15.5. The number of ether oxygens (including phenoxy) is 1. The van der Waals surface area contributed by atoms with Crippen molar-refractivity contribution in [3.05, 3.63) is 65.7 Å². The second-order valence-electron chi connectivity index (χ2n) is 6.01. The topological polar surface area (TPSA) is 110 Å². The van der Waals surface area contributed by atoms with Crippen molar-refractivity contribution in [1.29, 1.82) is 0 Å². The summed E-state index contributed by atoms with van der Waals surface area (Å²) < 4.78 is 36.3. The number of hydrogen-bond donors (Lipinski definition) is 1. The summed E-state index contributed by atoms with van der Waals surface area (Å²) >= 11 is 0. The summed E-state index contributed by atoms with van der Waals surface area (Å²) in [6.07, 6.45) is 3.33. The third-order valence-electron chi connectivity index (χ3n) is 3.64. The summed E-state index contributed by atoms with van der Waals surface area (Å²) in [6.45, 7) is 2.89. The van der Waals surface area contributed by atoms with Crippen LogP contribution in [0, 0.1) is 6.92 Å². The van der Waals surface area contributed by atoms with Crippen LogP contribution in [0.15, 0.2) is 59.5 Å². The molecule has 2 aromatic carbocycles. The molecule has 148 valence electrons. The van der Waals surface area contributed by atoms with Crippen LogP contribution in [0.4, 0.5) is 0 Å². The van der Waals surface area contributed by atoms with Crippen LogP contribution in [-0.4, -0.2) is 25.5 Å². The molecule has 0 atom stereocenters. The van der Waals surface area contributed by atoms with Gasteiger partial charge in [-0.05, 0) is 44.0 Å². The number of benzene rings is 2. The SMILES string of the molecule is Cc1ccc(S(=O)(=O)[O-])cc1.NCCCCCC(=O)OCc1ccccc1. The minimum Gasteiger partial charge on any atom is -0.744 e. The zero-order valence-corrected chi connectivity index (χ0v) is 16.3. The van der Waals surface area contributed by atoms with Crippen LogP contribution in [-0.2, 0) is 26.3 Å². The molecule has 0 spiro atoms. The van der Waals surface area contributed by atoms with Crippen molar-refractivity contribution < 1.29 is 22.5 Å². The summed E-state index contributed by atoms with van der Waals surface area (Å²) in [5.74, 6) is -0.124. The van der Waals surface area contributed by atoms with Crippen LogP contribution < -0.4 is 5.73 Å². The van der Waals surface area contributed by atoms with Crippen LogP contribution in [0.2, 0.25) is 0 Å². The van der Waals surface area contributed by atoms with Crippen LogP contribution in [0.3, 0.4) is 0 Å². The minimum absolute atomic E-state index is 0.124. The number of carbonyl (C=O) groups excluding carboxylic acids is 1. The Morgan fingerprint density at radius 3 is 2.19 bits per heavy atom. The molecule has 0 unspecified atom stereocenters. The molecule has 0 aliphatic heterocycles. The van der Waals surface area contributed by atoms with E-state index in [-0.39, 0.29) is 10.9 Å². The highest BCUT2D eigenvalue weighted by atomic mass is 32.2. The number of aryl methyl sites for hydroxylation is 1. The van der Waals surface area contributed by atoms with Crippen LogP contribution >= 0.6 is 0 Å². The van der Waals surface area contributed by atoms with Gasteiger partial charge in [-0.25, -0.2) is 8.42 Å². The highest BCUT2D eigenvalue weighted by Crippen LogP contribution is 2.08. The lowest BCUT2D eigenvalue weighted by molar-refractivity contribution is -0.145. The summed E-state index contributed by atoms with van der Waals surface area (Å²) in [7, 11) is -4.27. The molecule has 2 N–H and O–H groups in total. The summed E-state index contributed by atoms with van der Waals surface area (Å²) in [5.41, 5.74) is 7.32. The molecule has 0 fully saturated rings. The fourth-order valence-electron chi connectivity index (χ4n) is 2.11. The van der Waals surface area contributed by atoms with Gasteiger partial charge in [0.25, 0.3) is 0 Å². The zero-order chi connectivity index (χ0) is 20.1. The van der Waals surface area contributed by atoms with Gasteiger partial charge in [-0.15, -0.1) is 0 Å². The van der Waals surface area contributed by atoms with Gasteiger partial charge in [-0.3, -0.25) is 4.79 Å². The highest BCUT2D eigenvalue weighted by molar-refractivity contribution is 7.85. The Balaban J connectivity index is 0.000000289. The first-order valence-electron chi connectivity index (χ1n) is 8.75. The molecule has 0 bridgehead atoms. The second kappa shape index (κ2) is 12.2. The fourth-order valence-corrected chi connectivity index (χ4v) is 2.58. The number of unbranched alkanes of at least 4 members (excludes halogenated alkanes) is 2. The standard InChI is InChI=1S/C13H19NO2.C7H8O3S/c14-10-6-2-5-9-13(15)16-11-12-7-3-1-4-8-12;1-6-2-4-7(5-3-6)11(8,9)10/h1,3-4,7-8H,2,5-6,9-11,14H2;2-5H,1H3,(H,8,9,10)/p-1. The van der Waals surface area contributed by atoms with E-state index in [0.717, 1.165) is 30.4 Å². The first-order valence-corrected chi connectivity index (χ1v) is 10.2. The predicted molar refractivity (Wildman–Crippen MR) is 103 cm³/mol. The smallest absolute Gasteiger partial charge is 0.306 e. The molecule has 6 nitrogen and oxygen atoms in total. The largest absolute Gasteiger partial charge is 0.744 e. The predicted octanol–water partition coefficient (Wildman–Crippen LogP) is 3.15. The molecule has 27 heavy (non-hydrogen) atoms. The molecule has 7 heteroatoms. The van der Waals surface area contributed by atoms with Gasteiger partial charge in [0.05, 0.1) is 4.90 Å². The summed E-state index contributed by atoms with van der Waals surface area (Å²) in [5, 5.41) is 0. The maximum atomic E-state index is 11.3. The van der Waals surface area contributed by atoms with Crippen molar-refractivity contribution in [3.8, 4) is 0 Å². The van der Waals surface area contributed by atoms with Gasteiger partial charge in [0.15, 0.2) is 0 Å². The van der Waals surface area contributed by atoms with E-state index in [1.807, 2.05) is 37.3 Å². The molecule has 2 rings (SSSR count).